The van der Waals surface area contributed by atoms with E-state index >= 15 is 0 Å². The van der Waals surface area contributed by atoms with Crippen LogP contribution in [0, 0.1) is 17.0 Å². The first kappa shape index (κ1) is 15.4. The van der Waals surface area contributed by atoms with Gasteiger partial charge in [0.1, 0.15) is 6.04 Å². The summed E-state index contributed by atoms with van der Waals surface area (Å²) in [6.07, 6.45) is 0.892. The van der Waals surface area contributed by atoms with E-state index < -0.39 is 26.9 Å². The third-order valence-electron chi connectivity index (χ3n) is 3.52. The van der Waals surface area contributed by atoms with Gasteiger partial charge in [-0.05, 0) is 25.8 Å². The third-order valence-corrected chi connectivity index (χ3v) is 5.42. The third kappa shape index (κ3) is 2.74. The van der Waals surface area contributed by atoms with Crippen LogP contribution in [0.15, 0.2) is 23.1 Å². The second kappa shape index (κ2) is 5.41. The molecule has 0 saturated carbocycles. The van der Waals surface area contributed by atoms with Crippen molar-refractivity contribution in [2.24, 2.45) is 5.73 Å². The number of hydrogen-bond donors (Lipinski definition) is 1. The number of amides is 1. The quantitative estimate of drug-likeness (QED) is 0.642. The summed E-state index contributed by atoms with van der Waals surface area (Å²) >= 11 is 0. The van der Waals surface area contributed by atoms with Gasteiger partial charge in [0.15, 0.2) is 0 Å². The van der Waals surface area contributed by atoms with Gasteiger partial charge in [0.2, 0.25) is 15.9 Å². The number of nitro benzene ring substituents is 1. The number of primary amides is 1. The molecule has 1 heterocycles. The van der Waals surface area contributed by atoms with Crippen LogP contribution in [0.1, 0.15) is 18.4 Å². The Balaban J connectivity index is 2.47. The fraction of sp³-hybridized carbons (Fsp3) is 0.417. The topological polar surface area (TPSA) is 124 Å². The number of hydrogen-bond acceptors (Lipinski definition) is 5. The molecule has 1 fully saturated rings. The van der Waals surface area contributed by atoms with E-state index in [1.165, 1.54) is 19.1 Å². The molecule has 0 unspecified atom stereocenters. The van der Waals surface area contributed by atoms with E-state index in [0.717, 1.165) is 10.4 Å². The van der Waals surface area contributed by atoms with Gasteiger partial charge in [0, 0.05) is 18.2 Å². The van der Waals surface area contributed by atoms with Crippen LogP contribution < -0.4 is 5.73 Å². The molecular formula is C12H15N3O5S. The zero-order valence-electron chi connectivity index (χ0n) is 11.4. The molecule has 0 bridgehead atoms. The lowest BCUT2D eigenvalue weighted by Gasteiger charge is -2.21. The lowest BCUT2D eigenvalue weighted by molar-refractivity contribution is -0.385. The zero-order valence-corrected chi connectivity index (χ0v) is 12.2. The van der Waals surface area contributed by atoms with Crippen molar-refractivity contribution in [3.63, 3.8) is 0 Å². The Morgan fingerprint density at radius 1 is 1.48 bits per heavy atom. The highest BCUT2D eigenvalue weighted by Crippen LogP contribution is 2.29. The SMILES string of the molecule is Cc1ccc(S(=O)(=O)N2CCC[C@H]2C(N)=O)cc1[N+](=O)[O-]. The summed E-state index contributed by atoms with van der Waals surface area (Å²) in [6.45, 7) is 1.70. The van der Waals surface area contributed by atoms with Crippen LogP contribution in [0.5, 0.6) is 0 Å². The number of aryl methyl sites for hydroxylation is 1. The summed E-state index contributed by atoms with van der Waals surface area (Å²) < 4.78 is 26.1. The predicted molar refractivity (Wildman–Crippen MR) is 73.9 cm³/mol. The average Bonchev–Trinajstić information content (AvgIpc) is 2.88. The van der Waals surface area contributed by atoms with Crippen LogP contribution in [0.2, 0.25) is 0 Å². The summed E-state index contributed by atoms with van der Waals surface area (Å²) in [6, 6.07) is 2.80. The molecule has 114 valence electrons. The number of sulfonamides is 1. The summed E-state index contributed by atoms with van der Waals surface area (Å²) in [7, 11) is -3.98. The molecule has 1 saturated heterocycles. The van der Waals surface area contributed by atoms with Crippen LogP contribution in [0.3, 0.4) is 0 Å². The van der Waals surface area contributed by atoms with E-state index in [4.69, 9.17) is 5.73 Å². The van der Waals surface area contributed by atoms with Gasteiger partial charge in [0.25, 0.3) is 5.69 Å². The van der Waals surface area contributed by atoms with Gasteiger partial charge in [0.05, 0.1) is 9.82 Å². The van der Waals surface area contributed by atoms with Gasteiger partial charge < -0.3 is 5.73 Å². The highest BCUT2D eigenvalue weighted by molar-refractivity contribution is 7.89. The molecule has 1 amide bonds. The molecule has 9 heteroatoms. The molecule has 2 rings (SSSR count). The van der Waals surface area contributed by atoms with Crippen molar-refractivity contribution in [2.75, 3.05) is 6.54 Å². The van der Waals surface area contributed by atoms with E-state index in [-0.39, 0.29) is 17.1 Å². The molecule has 0 aliphatic carbocycles. The van der Waals surface area contributed by atoms with Crippen molar-refractivity contribution < 1.29 is 18.1 Å². The Kier molecular flexibility index (Phi) is 3.97. The van der Waals surface area contributed by atoms with Gasteiger partial charge in [-0.2, -0.15) is 4.31 Å². The predicted octanol–water partition coefficient (Wildman–Crippen LogP) is 0.542. The monoisotopic (exact) mass is 313 g/mol. The van der Waals surface area contributed by atoms with Crippen molar-refractivity contribution in [2.45, 2.75) is 30.7 Å². The van der Waals surface area contributed by atoms with E-state index in [1.807, 2.05) is 0 Å². The first-order valence-corrected chi connectivity index (χ1v) is 7.75. The Labute approximate surface area is 121 Å². The highest BCUT2D eigenvalue weighted by atomic mass is 32.2. The highest BCUT2D eigenvalue weighted by Gasteiger charge is 2.38. The van der Waals surface area contributed by atoms with Crippen LogP contribution in [0.4, 0.5) is 5.69 Å². The number of benzene rings is 1. The summed E-state index contributed by atoms with van der Waals surface area (Å²) in [5.41, 5.74) is 5.31. The molecule has 1 atom stereocenters. The first-order chi connectivity index (χ1) is 9.75. The maximum atomic E-state index is 12.5. The van der Waals surface area contributed by atoms with Crippen LogP contribution in [0.25, 0.3) is 0 Å². The van der Waals surface area contributed by atoms with Crippen LogP contribution in [-0.4, -0.2) is 36.1 Å². The molecule has 1 aromatic carbocycles. The van der Waals surface area contributed by atoms with E-state index in [9.17, 15) is 23.3 Å². The Bertz CT molecular complexity index is 701. The molecule has 0 radical (unpaired) electrons. The number of nitrogens with two attached hydrogens (primary N) is 1. The minimum Gasteiger partial charge on any atom is -0.368 e. The van der Waals surface area contributed by atoms with Crippen LogP contribution in [-0.2, 0) is 14.8 Å². The number of carbonyl (C=O) groups excluding carboxylic acids is 1. The van der Waals surface area contributed by atoms with Crippen LogP contribution >= 0.6 is 0 Å². The fourth-order valence-electron chi connectivity index (χ4n) is 2.39. The average molecular weight is 313 g/mol. The van der Waals surface area contributed by atoms with E-state index in [0.29, 0.717) is 18.4 Å². The molecule has 21 heavy (non-hydrogen) atoms. The lowest BCUT2D eigenvalue weighted by atomic mass is 10.2. The normalized spacial score (nSPS) is 19.6. The van der Waals surface area contributed by atoms with Gasteiger partial charge >= 0.3 is 0 Å². The number of nitrogens with zero attached hydrogens (tertiary/aromatic N) is 2. The van der Waals surface area contributed by atoms with Gasteiger partial charge in [-0.15, -0.1) is 0 Å². The largest absolute Gasteiger partial charge is 0.368 e. The molecule has 1 aromatic rings. The van der Waals surface area contributed by atoms with Crippen molar-refractivity contribution in [3.05, 3.63) is 33.9 Å². The van der Waals surface area contributed by atoms with Crippen molar-refractivity contribution in [1.29, 1.82) is 0 Å². The van der Waals surface area contributed by atoms with Crippen molar-refractivity contribution in [1.82, 2.24) is 4.31 Å². The second-order valence-corrected chi connectivity index (χ2v) is 6.77. The summed E-state index contributed by atoms with van der Waals surface area (Å²) in [5, 5.41) is 10.9. The molecular weight excluding hydrogens is 298 g/mol. The van der Waals surface area contributed by atoms with Gasteiger partial charge in [-0.1, -0.05) is 6.07 Å². The van der Waals surface area contributed by atoms with E-state index in [2.05, 4.69) is 0 Å². The smallest absolute Gasteiger partial charge is 0.273 e. The second-order valence-electron chi connectivity index (χ2n) is 4.88. The number of carbonyl (C=O) groups is 1. The molecule has 8 nitrogen and oxygen atoms in total. The van der Waals surface area contributed by atoms with Gasteiger partial charge in [-0.3, -0.25) is 14.9 Å². The standard InChI is InChI=1S/C12H15N3O5S/c1-8-4-5-9(7-11(8)15(17)18)21(19,20)14-6-2-3-10(14)12(13)16/h4-5,7,10H,2-3,6H2,1H3,(H2,13,16)/t10-/m0/s1. The van der Waals surface area contributed by atoms with E-state index in [1.54, 1.807) is 0 Å². The number of nitro groups is 1. The lowest BCUT2D eigenvalue weighted by Crippen LogP contribution is -2.43. The maximum Gasteiger partial charge on any atom is 0.273 e. The maximum absolute atomic E-state index is 12.5. The van der Waals surface area contributed by atoms with Crippen molar-refractivity contribution in [3.8, 4) is 0 Å². The first-order valence-electron chi connectivity index (χ1n) is 6.31. The molecule has 1 aliphatic rings. The summed E-state index contributed by atoms with van der Waals surface area (Å²) in [5.74, 6) is -0.710. The number of rotatable bonds is 4. The van der Waals surface area contributed by atoms with Crippen molar-refractivity contribution >= 4 is 21.6 Å². The Morgan fingerprint density at radius 3 is 2.71 bits per heavy atom. The Hall–Kier alpha value is -2.00. The molecule has 1 aliphatic heterocycles. The molecule has 2 N–H and O–H groups in total. The molecule has 0 spiro atoms. The minimum absolute atomic E-state index is 0.178. The summed E-state index contributed by atoms with van der Waals surface area (Å²) in [4.78, 5) is 21.4. The minimum atomic E-state index is -3.98. The Morgan fingerprint density at radius 2 is 2.14 bits per heavy atom. The zero-order chi connectivity index (χ0) is 15.8. The van der Waals surface area contributed by atoms with Gasteiger partial charge in [-0.25, -0.2) is 8.42 Å². The fourth-order valence-corrected chi connectivity index (χ4v) is 4.08. The molecule has 0 aromatic heterocycles.